The number of rotatable bonds is 2. The fraction of sp³-hybridized carbons (Fsp3) is 0.375. The highest BCUT2D eigenvalue weighted by Gasteiger charge is 2.27. The summed E-state index contributed by atoms with van der Waals surface area (Å²) in [5.74, 6) is 2.61. The van der Waals surface area contributed by atoms with Crippen LogP contribution < -0.4 is 0 Å². The third-order valence-corrected chi connectivity index (χ3v) is 4.14. The molecule has 3 aromatic rings. The molecule has 21 heavy (non-hydrogen) atoms. The first-order valence-electron chi connectivity index (χ1n) is 7.30. The Hall–Kier alpha value is -2.14. The molecule has 1 fully saturated rings. The molecule has 3 aromatic heterocycles. The van der Waals surface area contributed by atoms with Crippen LogP contribution in [0.2, 0.25) is 0 Å². The highest BCUT2D eigenvalue weighted by atomic mass is 16.3. The zero-order valence-corrected chi connectivity index (χ0v) is 12.3. The molecule has 0 radical (unpaired) electrons. The van der Waals surface area contributed by atoms with Gasteiger partial charge < -0.3 is 13.9 Å². The molecule has 1 aliphatic rings. The van der Waals surface area contributed by atoms with E-state index < -0.39 is 0 Å². The monoisotopic (exact) mass is 282 g/mol. The minimum absolute atomic E-state index is 0.398. The summed E-state index contributed by atoms with van der Waals surface area (Å²) in [4.78, 5) is 11.6. The van der Waals surface area contributed by atoms with E-state index in [1.807, 2.05) is 37.4 Å². The number of aromatic nitrogens is 3. The van der Waals surface area contributed by atoms with Gasteiger partial charge in [-0.3, -0.25) is 0 Å². The van der Waals surface area contributed by atoms with Gasteiger partial charge in [-0.1, -0.05) is 0 Å². The van der Waals surface area contributed by atoms with Crippen LogP contribution in [0.3, 0.4) is 0 Å². The van der Waals surface area contributed by atoms with Crippen molar-refractivity contribution in [3.8, 4) is 11.6 Å². The van der Waals surface area contributed by atoms with Gasteiger partial charge in [-0.05, 0) is 51.2 Å². The molecule has 1 unspecified atom stereocenters. The van der Waals surface area contributed by atoms with Crippen LogP contribution in [0, 0.1) is 6.92 Å². The SMILES string of the molecule is Cc1ccc(-c2nc3cccnc3n2C2CCN(C)C2)o1. The van der Waals surface area contributed by atoms with Gasteiger partial charge in [0.2, 0.25) is 0 Å². The largest absolute Gasteiger partial charge is 0.458 e. The lowest BCUT2D eigenvalue weighted by molar-refractivity contribution is 0.394. The Balaban J connectivity index is 1.93. The van der Waals surface area contributed by atoms with E-state index >= 15 is 0 Å². The van der Waals surface area contributed by atoms with E-state index in [4.69, 9.17) is 9.40 Å². The molecule has 0 aliphatic carbocycles. The molecule has 4 rings (SSSR count). The molecule has 5 heteroatoms. The topological polar surface area (TPSA) is 47.1 Å². The number of likely N-dealkylation sites (tertiary alicyclic amines) is 1. The van der Waals surface area contributed by atoms with Crippen molar-refractivity contribution in [2.45, 2.75) is 19.4 Å². The van der Waals surface area contributed by atoms with Gasteiger partial charge in [-0.15, -0.1) is 0 Å². The van der Waals surface area contributed by atoms with Gasteiger partial charge in [0.25, 0.3) is 0 Å². The number of fused-ring (bicyclic) bond motifs is 1. The molecule has 0 spiro atoms. The number of nitrogens with zero attached hydrogens (tertiary/aromatic N) is 4. The highest BCUT2D eigenvalue weighted by molar-refractivity contribution is 5.76. The Morgan fingerprint density at radius 3 is 2.90 bits per heavy atom. The first-order chi connectivity index (χ1) is 10.2. The van der Waals surface area contributed by atoms with Gasteiger partial charge in [0, 0.05) is 12.7 Å². The Morgan fingerprint density at radius 1 is 1.29 bits per heavy atom. The Kier molecular flexibility index (Phi) is 2.82. The van der Waals surface area contributed by atoms with Crippen LogP contribution in [-0.2, 0) is 0 Å². The highest BCUT2D eigenvalue weighted by Crippen LogP contribution is 2.32. The summed E-state index contributed by atoms with van der Waals surface area (Å²) in [7, 11) is 2.16. The quantitative estimate of drug-likeness (QED) is 0.725. The zero-order chi connectivity index (χ0) is 14.4. The summed E-state index contributed by atoms with van der Waals surface area (Å²) in [6.07, 6.45) is 2.95. The predicted molar refractivity (Wildman–Crippen MR) is 81.1 cm³/mol. The molecule has 0 saturated carbocycles. The summed E-state index contributed by atoms with van der Waals surface area (Å²) in [5, 5.41) is 0. The molecule has 5 nitrogen and oxygen atoms in total. The number of likely N-dealkylation sites (N-methyl/N-ethyl adjacent to an activating group) is 1. The van der Waals surface area contributed by atoms with Gasteiger partial charge in [0.1, 0.15) is 11.3 Å². The van der Waals surface area contributed by atoms with Crippen molar-refractivity contribution >= 4 is 11.2 Å². The third kappa shape index (κ3) is 2.05. The van der Waals surface area contributed by atoms with E-state index in [9.17, 15) is 0 Å². The van der Waals surface area contributed by atoms with Crippen molar-refractivity contribution in [1.82, 2.24) is 19.4 Å². The number of imidazole rings is 1. The average Bonchev–Trinajstić information content (AvgIpc) is 3.16. The summed E-state index contributed by atoms with van der Waals surface area (Å²) < 4.78 is 8.05. The van der Waals surface area contributed by atoms with Gasteiger partial charge in [0.05, 0.1) is 6.04 Å². The molecule has 108 valence electrons. The van der Waals surface area contributed by atoms with E-state index in [-0.39, 0.29) is 0 Å². The van der Waals surface area contributed by atoms with Crippen molar-refractivity contribution in [3.05, 3.63) is 36.2 Å². The lowest BCUT2D eigenvalue weighted by Gasteiger charge is -2.15. The minimum Gasteiger partial charge on any atom is -0.458 e. The van der Waals surface area contributed by atoms with Crippen LogP contribution in [0.1, 0.15) is 18.2 Å². The molecule has 0 N–H and O–H groups in total. The molecule has 4 heterocycles. The van der Waals surface area contributed by atoms with Gasteiger partial charge in [-0.2, -0.15) is 0 Å². The maximum atomic E-state index is 5.80. The molecule has 0 aromatic carbocycles. The normalized spacial score (nSPS) is 19.6. The fourth-order valence-corrected chi connectivity index (χ4v) is 3.13. The van der Waals surface area contributed by atoms with Crippen molar-refractivity contribution in [2.75, 3.05) is 20.1 Å². The number of pyridine rings is 1. The predicted octanol–water partition coefficient (Wildman–Crippen LogP) is 2.88. The summed E-state index contributed by atoms with van der Waals surface area (Å²) in [6.45, 7) is 4.08. The summed E-state index contributed by atoms with van der Waals surface area (Å²) >= 11 is 0. The lowest BCUT2D eigenvalue weighted by Crippen LogP contribution is -2.17. The first kappa shape index (κ1) is 12.6. The Bertz CT molecular complexity index is 789. The first-order valence-corrected chi connectivity index (χ1v) is 7.30. The Morgan fingerprint density at radius 2 is 2.19 bits per heavy atom. The van der Waals surface area contributed by atoms with E-state index in [0.29, 0.717) is 6.04 Å². The minimum atomic E-state index is 0.398. The van der Waals surface area contributed by atoms with Crippen LogP contribution in [0.15, 0.2) is 34.9 Å². The molecule has 1 atom stereocenters. The second kappa shape index (κ2) is 4.70. The van der Waals surface area contributed by atoms with Crippen molar-refractivity contribution in [2.24, 2.45) is 0 Å². The van der Waals surface area contributed by atoms with Crippen molar-refractivity contribution in [1.29, 1.82) is 0 Å². The summed E-state index contributed by atoms with van der Waals surface area (Å²) in [5.41, 5.74) is 1.87. The molecule has 1 aliphatic heterocycles. The number of aryl methyl sites for hydroxylation is 1. The van der Waals surface area contributed by atoms with E-state index in [2.05, 4.69) is 21.5 Å². The van der Waals surface area contributed by atoms with E-state index in [1.165, 1.54) is 0 Å². The average molecular weight is 282 g/mol. The molecule has 0 bridgehead atoms. The van der Waals surface area contributed by atoms with Crippen LogP contribution in [-0.4, -0.2) is 39.6 Å². The fourth-order valence-electron chi connectivity index (χ4n) is 3.13. The van der Waals surface area contributed by atoms with E-state index in [1.54, 1.807) is 0 Å². The maximum Gasteiger partial charge on any atom is 0.178 e. The van der Waals surface area contributed by atoms with Crippen LogP contribution >= 0.6 is 0 Å². The van der Waals surface area contributed by atoms with Gasteiger partial charge in [-0.25, -0.2) is 9.97 Å². The molecular weight excluding hydrogens is 264 g/mol. The molecule has 0 amide bonds. The molecular formula is C16H18N4O. The van der Waals surface area contributed by atoms with Gasteiger partial charge in [0.15, 0.2) is 17.2 Å². The van der Waals surface area contributed by atoms with Crippen molar-refractivity contribution in [3.63, 3.8) is 0 Å². The zero-order valence-electron chi connectivity index (χ0n) is 12.3. The second-order valence-electron chi connectivity index (χ2n) is 5.77. The van der Waals surface area contributed by atoms with Crippen LogP contribution in [0.25, 0.3) is 22.7 Å². The maximum absolute atomic E-state index is 5.80. The molecule has 1 saturated heterocycles. The standard InChI is InChI=1S/C16H18N4O/c1-11-5-6-14(21-11)16-18-13-4-3-8-17-15(13)20(16)12-7-9-19(2)10-12/h3-6,8,12H,7,9-10H2,1-2H3. The number of furan rings is 1. The van der Waals surface area contributed by atoms with Crippen molar-refractivity contribution < 1.29 is 4.42 Å². The lowest BCUT2D eigenvalue weighted by atomic mass is 10.2. The van der Waals surface area contributed by atoms with Gasteiger partial charge >= 0.3 is 0 Å². The third-order valence-electron chi connectivity index (χ3n) is 4.14. The smallest absolute Gasteiger partial charge is 0.178 e. The number of hydrogen-bond acceptors (Lipinski definition) is 4. The second-order valence-corrected chi connectivity index (χ2v) is 5.77. The Labute approximate surface area is 123 Å². The number of hydrogen-bond donors (Lipinski definition) is 0. The van der Waals surface area contributed by atoms with Crippen LogP contribution in [0.4, 0.5) is 0 Å². The summed E-state index contributed by atoms with van der Waals surface area (Å²) in [6, 6.07) is 8.31. The van der Waals surface area contributed by atoms with Crippen LogP contribution in [0.5, 0.6) is 0 Å². The van der Waals surface area contributed by atoms with E-state index in [0.717, 1.165) is 48.0 Å².